The summed E-state index contributed by atoms with van der Waals surface area (Å²) in [7, 11) is 0. The van der Waals surface area contributed by atoms with E-state index in [0.717, 1.165) is 12.2 Å². The number of hydrogen-bond acceptors (Lipinski definition) is 0. The highest BCUT2D eigenvalue weighted by molar-refractivity contribution is 5.85. The number of fused-ring (bicyclic) bond motifs is 1. The van der Waals surface area contributed by atoms with Crippen molar-refractivity contribution >= 4 is 16.5 Å². The van der Waals surface area contributed by atoms with Gasteiger partial charge in [-0.15, -0.1) is 12.2 Å². The van der Waals surface area contributed by atoms with Crippen LogP contribution >= 0.6 is 0 Å². The Bertz CT molecular complexity index is 639. The van der Waals surface area contributed by atoms with Crippen LogP contribution in [0.2, 0.25) is 0 Å². The minimum Gasteiger partial charge on any atom is -0.681 e. The number of hydrogen-bond donors (Lipinski definition) is 0. The van der Waals surface area contributed by atoms with Gasteiger partial charge in [0.05, 0.1) is 0 Å². The van der Waals surface area contributed by atoms with Crippen molar-refractivity contribution in [2.45, 2.75) is 6.54 Å². The van der Waals surface area contributed by atoms with E-state index < -0.39 is 0 Å². The van der Waals surface area contributed by atoms with Gasteiger partial charge in [-0.25, -0.2) is 0 Å². The maximum Gasteiger partial charge on any atom is -0.0167 e. The van der Waals surface area contributed by atoms with E-state index in [9.17, 15) is 0 Å². The molecule has 0 amide bonds. The second kappa shape index (κ2) is 4.92. The van der Waals surface area contributed by atoms with Gasteiger partial charge >= 0.3 is 0 Å². The van der Waals surface area contributed by atoms with Gasteiger partial charge in [-0.05, 0) is 10.8 Å². The van der Waals surface area contributed by atoms with E-state index in [4.69, 9.17) is 0 Å². The molecule has 0 atom stereocenters. The van der Waals surface area contributed by atoms with Crippen molar-refractivity contribution in [2.24, 2.45) is 0 Å². The van der Waals surface area contributed by atoms with Gasteiger partial charge in [-0.2, -0.15) is 0 Å². The van der Waals surface area contributed by atoms with Gasteiger partial charge in [0.15, 0.2) is 0 Å². The summed E-state index contributed by atoms with van der Waals surface area (Å²) in [6, 6.07) is 24.9. The van der Waals surface area contributed by atoms with Gasteiger partial charge in [0, 0.05) is 0 Å². The van der Waals surface area contributed by atoms with Crippen LogP contribution in [-0.2, 0) is 6.54 Å². The van der Waals surface area contributed by atoms with Crippen LogP contribution < -0.4 is 0 Å². The normalized spacial score (nSPS) is 10.4. The zero-order valence-corrected chi connectivity index (χ0v) is 10.1. The molecule has 0 bridgehead atoms. The molecule has 88 valence electrons. The fraction of sp³-hybridized carbons (Fsp3) is 0.0588. The molecule has 0 N–H and O–H groups in total. The molecule has 0 spiro atoms. The third-order valence-electron chi connectivity index (χ3n) is 3.07. The molecule has 0 saturated carbocycles. The number of para-hydroxylation sites is 1. The maximum atomic E-state index is 4.63. The molecular weight excluding hydrogens is 218 g/mol. The molecule has 1 nitrogen and oxygen atoms in total. The standard InChI is InChI=1S/C17H14N/c1-2-10-16(11-3-1)18-13-15-9-6-8-14-7-4-5-12-17(14)15/h1-12H,13H2/q-1. The minimum absolute atomic E-state index is 0.728. The van der Waals surface area contributed by atoms with Crippen LogP contribution in [-0.4, -0.2) is 0 Å². The molecule has 18 heavy (non-hydrogen) atoms. The Hall–Kier alpha value is -2.28. The number of rotatable bonds is 3. The molecule has 3 rings (SSSR count). The van der Waals surface area contributed by atoms with Crippen molar-refractivity contribution in [2.75, 3.05) is 0 Å². The fourth-order valence-electron chi connectivity index (χ4n) is 2.14. The van der Waals surface area contributed by atoms with E-state index >= 15 is 0 Å². The van der Waals surface area contributed by atoms with Crippen molar-refractivity contribution in [3.05, 3.63) is 83.7 Å². The summed E-state index contributed by atoms with van der Waals surface area (Å²) in [4.78, 5) is 0. The molecule has 3 aromatic carbocycles. The van der Waals surface area contributed by atoms with Crippen molar-refractivity contribution in [1.82, 2.24) is 0 Å². The van der Waals surface area contributed by atoms with Crippen LogP contribution in [0.25, 0.3) is 16.1 Å². The van der Waals surface area contributed by atoms with E-state index in [0.29, 0.717) is 0 Å². The van der Waals surface area contributed by atoms with Crippen molar-refractivity contribution < 1.29 is 0 Å². The first-order valence-corrected chi connectivity index (χ1v) is 6.13. The Balaban J connectivity index is 1.87. The molecule has 0 fully saturated rings. The lowest BCUT2D eigenvalue weighted by Gasteiger charge is -2.22. The van der Waals surface area contributed by atoms with Crippen molar-refractivity contribution in [1.29, 1.82) is 0 Å². The van der Waals surface area contributed by atoms with Crippen molar-refractivity contribution in [3.8, 4) is 0 Å². The molecule has 0 aliphatic rings. The Morgan fingerprint density at radius 1 is 0.667 bits per heavy atom. The van der Waals surface area contributed by atoms with Crippen LogP contribution in [0, 0.1) is 0 Å². The quantitative estimate of drug-likeness (QED) is 0.600. The Morgan fingerprint density at radius 2 is 1.39 bits per heavy atom. The zero-order valence-electron chi connectivity index (χ0n) is 10.1. The predicted molar refractivity (Wildman–Crippen MR) is 77.1 cm³/mol. The first-order valence-electron chi connectivity index (χ1n) is 6.13. The molecular formula is C17H14N-. The van der Waals surface area contributed by atoms with E-state index in [1.807, 2.05) is 30.3 Å². The Kier molecular flexibility index (Phi) is 2.97. The van der Waals surface area contributed by atoms with Gasteiger partial charge in [-0.1, -0.05) is 78.4 Å². The van der Waals surface area contributed by atoms with E-state index in [2.05, 4.69) is 47.8 Å². The summed E-state index contributed by atoms with van der Waals surface area (Å²) in [5.74, 6) is 0. The van der Waals surface area contributed by atoms with Crippen LogP contribution in [0.1, 0.15) is 5.56 Å². The molecule has 0 saturated heterocycles. The Morgan fingerprint density at radius 3 is 2.28 bits per heavy atom. The average molecular weight is 232 g/mol. The molecule has 0 unspecified atom stereocenters. The summed E-state index contributed by atoms with van der Waals surface area (Å²) in [5, 5.41) is 7.19. The molecule has 0 aliphatic carbocycles. The second-order valence-corrected chi connectivity index (χ2v) is 4.29. The fourth-order valence-corrected chi connectivity index (χ4v) is 2.14. The summed E-state index contributed by atoms with van der Waals surface area (Å²) >= 11 is 0. The average Bonchev–Trinajstić information content (AvgIpc) is 2.46. The van der Waals surface area contributed by atoms with Gasteiger partial charge in [0.1, 0.15) is 0 Å². The van der Waals surface area contributed by atoms with Crippen LogP contribution in [0.15, 0.2) is 72.8 Å². The molecule has 1 heteroatoms. The smallest absolute Gasteiger partial charge is 0.0167 e. The predicted octanol–water partition coefficient (Wildman–Crippen LogP) is 5.05. The van der Waals surface area contributed by atoms with Gasteiger partial charge in [-0.3, -0.25) is 0 Å². The van der Waals surface area contributed by atoms with E-state index in [-0.39, 0.29) is 0 Å². The third kappa shape index (κ3) is 2.21. The lowest BCUT2D eigenvalue weighted by atomic mass is 10.0. The summed E-state index contributed by atoms with van der Waals surface area (Å²) in [5.41, 5.74) is 2.31. The van der Waals surface area contributed by atoms with E-state index in [1.165, 1.54) is 16.3 Å². The van der Waals surface area contributed by atoms with Crippen molar-refractivity contribution in [3.63, 3.8) is 0 Å². The van der Waals surface area contributed by atoms with E-state index in [1.54, 1.807) is 0 Å². The van der Waals surface area contributed by atoms with Gasteiger partial charge in [0.25, 0.3) is 0 Å². The van der Waals surface area contributed by atoms with Gasteiger partial charge < -0.3 is 5.32 Å². The second-order valence-electron chi connectivity index (χ2n) is 4.29. The lowest BCUT2D eigenvalue weighted by molar-refractivity contribution is 1.24. The topological polar surface area (TPSA) is 14.1 Å². The highest BCUT2D eigenvalue weighted by atomic mass is 14.9. The summed E-state index contributed by atoms with van der Waals surface area (Å²) in [6.45, 7) is 0.728. The Labute approximate surface area is 107 Å². The first-order chi connectivity index (χ1) is 8.93. The SMILES string of the molecule is c1ccc([N-]Cc2cccc3ccccc23)cc1. The monoisotopic (exact) mass is 232 g/mol. The number of benzene rings is 3. The van der Waals surface area contributed by atoms with Crippen LogP contribution in [0.4, 0.5) is 5.69 Å². The molecule has 3 aromatic rings. The van der Waals surface area contributed by atoms with Crippen LogP contribution in [0.5, 0.6) is 0 Å². The highest BCUT2D eigenvalue weighted by Gasteiger charge is 1.95. The third-order valence-corrected chi connectivity index (χ3v) is 3.07. The number of nitrogens with zero attached hydrogens (tertiary/aromatic N) is 1. The molecule has 0 aromatic heterocycles. The highest BCUT2D eigenvalue weighted by Crippen LogP contribution is 2.24. The first kappa shape index (κ1) is 10.8. The largest absolute Gasteiger partial charge is 0.681 e. The van der Waals surface area contributed by atoms with Crippen LogP contribution in [0.3, 0.4) is 0 Å². The lowest BCUT2D eigenvalue weighted by Crippen LogP contribution is -1.85. The summed E-state index contributed by atoms with van der Waals surface area (Å²) < 4.78 is 0. The zero-order chi connectivity index (χ0) is 12.2. The summed E-state index contributed by atoms with van der Waals surface area (Å²) in [6.07, 6.45) is 0. The molecule has 0 aliphatic heterocycles. The minimum atomic E-state index is 0.728. The molecule has 0 radical (unpaired) electrons. The molecule has 0 heterocycles. The maximum absolute atomic E-state index is 4.63. The van der Waals surface area contributed by atoms with Gasteiger partial charge in [0.2, 0.25) is 0 Å².